The van der Waals surface area contributed by atoms with Crippen LogP contribution in [-0.2, 0) is 6.42 Å². The van der Waals surface area contributed by atoms with Crippen LogP contribution in [0.5, 0.6) is 11.5 Å². The second-order valence-corrected chi connectivity index (χ2v) is 5.56. The zero-order chi connectivity index (χ0) is 17.9. The number of amidine groups is 1. The zero-order valence-corrected chi connectivity index (χ0v) is 13.1. The number of aromatic carboxylic acids is 1. The van der Waals surface area contributed by atoms with Crippen LogP contribution >= 0.6 is 0 Å². The predicted octanol–water partition coefficient (Wildman–Crippen LogP) is -0.0237. The first-order chi connectivity index (χ1) is 11.3. The lowest BCUT2D eigenvalue weighted by molar-refractivity contribution is 0.0581. The summed E-state index contributed by atoms with van der Waals surface area (Å²) in [7, 11) is -1.54. The Kier molecular flexibility index (Phi) is 5.52. The van der Waals surface area contributed by atoms with E-state index in [0.717, 1.165) is 0 Å². The Morgan fingerprint density at radius 2 is 2.08 bits per heavy atom. The molecule has 0 atom stereocenters. The van der Waals surface area contributed by atoms with Crippen molar-refractivity contribution < 1.29 is 35.0 Å². The molecule has 1 aliphatic rings. The van der Waals surface area contributed by atoms with Gasteiger partial charge in [0.15, 0.2) is 0 Å². The van der Waals surface area contributed by atoms with Crippen LogP contribution in [0.3, 0.4) is 0 Å². The molecule has 24 heavy (non-hydrogen) atoms. The fourth-order valence-electron chi connectivity index (χ4n) is 2.43. The number of carboxylic acids is 1. The van der Waals surface area contributed by atoms with Gasteiger partial charge in [0.1, 0.15) is 29.0 Å². The van der Waals surface area contributed by atoms with Gasteiger partial charge < -0.3 is 35.1 Å². The third-order valence-corrected chi connectivity index (χ3v) is 3.85. The average Bonchev–Trinajstić information content (AvgIpc) is 2.48. The molecule has 0 unspecified atom stereocenters. The lowest BCUT2D eigenvalue weighted by Gasteiger charge is -2.39. The van der Waals surface area contributed by atoms with Crippen LogP contribution in [0.2, 0.25) is 6.32 Å². The van der Waals surface area contributed by atoms with E-state index in [1.165, 1.54) is 12.1 Å². The molecule has 1 aromatic carbocycles. The summed E-state index contributed by atoms with van der Waals surface area (Å²) in [6, 6.07) is 2.94. The van der Waals surface area contributed by atoms with Crippen LogP contribution in [0.25, 0.3) is 0 Å². The number of hydrogen-bond acceptors (Lipinski definition) is 7. The van der Waals surface area contributed by atoms with E-state index in [0.29, 0.717) is 24.5 Å². The molecule has 5 N–H and O–H groups in total. The Labute approximate surface area is 138 Å². The summed E-state index contributed by atoms with van der Waals surface area (Å²) in [6.45, 7) is 2.51. The van der Waals surface area contributed by atoms with E-state index in [1.807, 2.05) is 0 Å². The summed E-state index contributed by atoms with van der Waals surface area (Å²) in [5.41, 5.74) is -0.0581. The van der Waals surface area contributed by atoms with Gasteiger partial charge in [-0.05, 0) is 31.3 Å². The first-order valence-electron chi connectivity index (χ1n) is 7.38. The first-order valence-corrected chi connectivity index (χ1v) is 7.38. The second kappa shape index (κ2) is 7.41. The van der Waals surface area contributed by atoms with Gasteiger partial charge in [0.05, 0.1) is 13.1 Å². The van der Waals surface area contributed by atoms with Gasteiger partial charge >= 0.3 is 13.1 Å². The molecular formula is C14H19BN2O7. The molecule has 0 radical (unpaired) electrons. The van der Waals surface area contributed by atoms with Crippen LogP contribution in [-0.4, -0.2) is 68.5 Å². The minimum Gasteiger partial charge on any atom is -0.507 e. The summed E-state index contributed by atoms with van der Waals surface area (Å²) < 4.78 is 5.61. The molecule has 0 bridgehead atoms. The molecule has 130 valence electrons. The van der Waals surface area contributed by atoms with Crippen LogP contribution < -0.4 is 4.74 Å². The number of nitrogens with zero attached hydrogens (tertiary/aromatic N) is 2. The van der Waals surface area contributed by atoms with Crippen molar-refractivity contribution in [2.45, 2.75) is 25.8 Å². The highest BCUT2D eigenvalue weighted by atomic mass is 16.5. The summed E-state index contributed by atoms with van der Waals surface area (Å²) >= 11 is 0. The molecule has 9 nitrogen and oxygen atoms in total. The Balaban J connectivity index is 2.13. The third-order valence-electron chi connectivity index (χ3n) is 3.85. The average molecular weight is 338 g/mol. The minimum absolute atomic E-state index is 0.0236. The van der Waals surface area contributed by atoms with E-state index in [1.54, 1.807) is 11.8 Å². The summed E-state index contributed by atoms with van der Waals surface area (Å²) in [5, 5.41) is 49.0. The maximum Gasteiger partial charge on any atom is 0.451 e. The number of aryl methyl sites for hydroxylation is 1. The van der Waals surface area contributed by atoms with E-state index >= 15 is 0 Å². The largest absolute Gasteiger partial charge is 0.507 e. The number of carbonyl (C=O) groups is 1. The van der Waals surface area contributed by atoms with Crippen LogP contribution in [0.15, 0.2) is 17.3 Å². The van der Waals surface area contributed by atoms with Gasteiger partial charge in [-0.15, -0.1) is 0 Å². The molecule has 0 amide bonds. The number of phenols is 1. The zero-order valence-electron chi connectivity index (χ0n) is 13.1. The van der Waals surface area contributed by atoms with Crippen LogP contribution in [0.1, 0.15) is 22.8 Å². The Morgan fingerprint density at radius 1 is 1.42 bits per heavy atom. The van der Waals surface area contributed by atoms with Gasteiger partial charge in [0.2, 0.25) is 0 Å². The molecule has 1 fully saturated rings. The molecule has 1 saturated heterocycles. The smallest absolute Gasteiger partial charge is 0.451 e. The van der Waals surface area contributed by atoms with E-state index in [4.69, 9.17) is 20.0 Å². The minimum atomic E-state index is -1.54. The molecule has 2 rings (SSSR count). The van der Waals surface area contributed by atoms with Crippen molar-refractivity contribution in [1.82, 2.24) is 4.90 Å². The van der Waals surface area contributed by atoms with Crippen LogP contribution in [0, 0.1) is 0 Å². The molecule has 10 heteroatoms. The normalized spacial score (nSPS) is 15.1. The number of hydrogen-bond donors (Lipinski definition) is 5. The fraction of sp³-hybridized carbons (Fsp3) is 0.429. The van der Waals surface area contributed by atoms with Gasteiger partial charge in [-0.1, -0.05) is 11.2 Å². The van der Waals surface area contributed by atoms with Crippen molar-refractivity contribution in [3.05, 3.63) is 23.3 Å². The fourth-order valence-corrected chi connectivity index (χ4v) is 2.43. The first kappa shape index (κ1) is 17.9. The Morgan fingerprint density at radius 3 is 2.62 bits per heavy atom. The highest BCUT2D eigenvalue weighted by Crippen LogP contribution is 2.33. The van der Waals surface area contributed by atoms with Crippen molar-refractivity contribution in [1.29, 1.82) is 0 Å². The highest BCUT2D eigenvalue weighted by molar-refractivity contribution is 6.41. The van der Waals surface area contributed by atoms with Gasteiger partial charge in [0.25, 0.3) is 0 Å². The highest BCUT2D eigenvalue weighted by Gasteiger charge is 2.31. The van der Waals surface area contributed by atoms with Gasteiger partial charge in [-0.2, -0.15) is 0 Å². The third kappa shape index (κ3) is 3.89. The Hall–Kier alpha value is -2.46. The topological polar surface area (TPSA) is 143 Å². The molecular weight excluding hydrogens is 319 g/mol. The lowest BCUT2D eigenvalue weighted by Crippen LogP contribution is -2.55. The van der Waals surface area contributed by atoms with Crippen molar-refractivity contribution in [2.75, 3.05) is 13.1 Å². The van der Waals surface area contributed by atoms with Gasteiger partial charge in [-0.3, -0.25) is 0 Å². The molecule has 1 aliphatic heterocycles. The number of rotatable bonds is 6. The van der Waals surface area contributed by atoms with E-state index in [9.17, 15) is 15.0 Å². The van der Waals surface area contributed by atoms with Crippen molar-refractivity contribution in [3.8, 4) is 11.5 Å². The maximum atomic E-state index is 11.4. The summed E-state index contributed by atoms with van der Waals surface area (Å²) in [6.07, 6.45) is -0.193. The standard InChI is InChI=1S/C14H19BN2O7/c1-8(16-23)17-6-10(7-17)24-11-3-2-9(4-5-15(21)22)13(18)12(11)14(19)20/h2-3,10,18,21-23H,4-7H2,1H3,(H,19,20). The van der Waals surface area contributed by atoms with Gasteiger partial charge in [-0.25, -0.2) is 4.79 Å². The number of ether oxygens (including phenoxy) is 1. The molecule has 0 aromatic heterocycles. The van der Waals surface area contributed by atoms with E-state index in [2.05, 4.69) is 5.16 Å². The van der Waals surface area contributed by atoms with Crippen molar-refractivity contribution in [2.24, 2.45) is 5.16 Å². The number of carboxylic acid groups (broad SMARTS) is 1. The second-order valence-electron chi connectivity index (χ2n) is 5.56. The number of benzene rings is 1. The quantitative estimate of drug-likeness (QED) is 0.160. The molecule has 1 aromatic rings. The summed E-state index contributed by atoms with van der Waals surface area (Å²) in [5.74, 6) is -1.30. The number of oxime groups is 1. The lowest BCUT2D eigenvalue weighted by atomic mass is 9.82. The molecule has 0 spiro atoms. The van der Waals surface area contributed by atoms with Crippen molar-refractivity contribution in [3.63, 3.8) is 0 Å². The summed E-state index contributed by atoms with van der Waals surface area (Å²) in [4.78, 5) is 13.2. The SMILES string of the molecule is CC(=NO)N1CC(Oc2ccc(CCB(O)O)c(O)c2C(=O)O)C1. The Bertz CT molecular complexity index is 644. The van der Waals surface area contributed by atoms with Gasteiger partial charge in [0, 0.05) is 0 Å². The van der Waals surface area contributed by atoms with Crippen LogP contribution in [0.4, 0.5) is 0 Å². The number of likely N-dealkylation sites (tertiary alicyclic amines) is 1. The van der Waals surface area contributed by atoms with Crippen molar-refractivity contribution >= 4 is 18.9 Å². The number of aromatic hydroxyl groups is 1. The predicted molar refractivity (Wildman–Crippen MR) is 84.7 cm³/mol. The van der Waals surface area contributed by atoms with E-state index < -0.39 is 18.8 Å². The molecule has 0 aliphatic carbocycles. The molecule has 1 heterocycles. The maximum absolute atomic E-state index is 11.4. The molecule has 0 saturated carbocycles. The van der Waals surface area contributed by atoms with E-state index in [-0.39, 0.29) is 30.2 Å². The monoisotopic (exact) mass is 338 g/mol.